The molecule has 1 heterocycles. The van der Waals surface area contributed by atoms with Crippen LogP contribution in [0.25, 0.3) is 0 Å². The molecule has 104 valence electrons. The molecule has 0 spiro atoms. The summed E-state index contributed by atoms with van der Waals surface area (Å²) in [5, 5.41) is 0. The zero-order valence-corrected chi connectivity index (χ0v) is 10.8. The zero-order chi connectivity index (χ0) is 14.4. The van der Waals surface area contributed by atoms with Crippen molar-refractivity contribution in [1.82, 2.24) is 9.55 Å². The van der Waals surface area contributed by atoms with Crippen LogP contribution in [0.15, 0.2) is 42.9 Å². The molecule has 0 unspecified atom stereocenters. The van der Waals surface area contributed by atoms with Crippen molar-refractivity contribution < 1.29 is 14.3 Å². The van der Waals surface area contributed by atoms with Crippen molar-refractivity contribution in [2.24, 2.45) is 5.73 Å². The highest BCUT2D eigenvalue weighted by Gasteiger charge is 2.10. The Balaban J connectivity index is 1.91. The summed E-state index contributed by atoms with van der Waals surface area (Å²) in [5.74, 6) is 0. The van der Waals surface area contributed by atoms with Gasteiger partial charge in [-0.25, -0.2) is 14.3 Å². The minimum absolute atomic E-state index is 0.195. The first-order valence-corrected chi connectivity index (χ1v) is 6.14. The van der Waals surface area contributed by atoms with E-state index in [4.69, 9.17) is 10.5 Å². The molecule has 1 aromatic carbocycles. The van der Waals surface area contributed by atoms with Crippen LogP contribution < -0.4 is 5.73 Å². The summed E-state index contributed by atoms with van der Waals surface area (Å²) in [6, 6.07) is 8.77. The van der Waals surface area contributed by atoms with E-state index in [1.54, 1.807) is 0 Å². The van der Waals surface area contributed by atoms with E-state index in [0.29, 0.717) is 18.4 Å². The molecule has 0 radical (unpaired) electrons. The van der Waals surface area contributed by atoms with Crippen molar-refractivity contribution in [2.45, 2.75) is 19.1 Å². The Hall–Kier alpha value is -2.47. The SMILES string of the molecule is N[C@H](C=O)Cc1cn(C(=O)OCc2ccccc2)cn1. The molecule has 6 heteroatoms. The van der Waals surface area contributed by atoms with Gasteiger partial charge in [0.1, 0.15) is 19.2 Å². The first-order chi connectivity index (χ1) is 9.69. The highest BCUT2D eigenvalue weighted by atomic mass is 16.5. The highest BCUT2D eigenvalue weighted by molar-refractivity contribution is 5.70. The monoisotopic (exact) mass is 273 g/mol. The van der Waals surface area contributed by atoms with Gasteiger partial charge in [0.25, 0.3) is 0 Å². The predicted molar refractivity (Wildman–Crippen MR) is 72.0 cm³/mol. The molecule has 0 aliphatic rings. The molecule has 0 aliphatic carbocycles. The number of aldehydes is 1. The molecule has 1 aromatic heterocycles. The maximum absolute atomic E-state index is 11.8. The van der Waals surface area contributed by atoms with Crippen molar-refractivity contribution in [3.8, 4) is 0 Å². The Kier molecular flexibility index (Phi) is 4.62. The molecule has 2 aromatic rings. The number of hydrogen-bond acceptors (Lipinski definition) is 5. The molecule has 6 nitrogen and oxygen atoms in total. The van der Waals surface area contributed by atoms with E-state index < -0.39 is 12.1 Å². The standard InChI is InChI=1S/C14H15N3O3/c15-12(8-18)6-13-7-17(10-16-13)14(19)20-9-11-4-2-1-3-5-11/h1-5,7-8,10,12H,6,9,15H2/t12-/m0/s1. The van der Waals surface area contributed by atoms with Crippen molar-refractivity contribution in [1.29, 1.82) is 0 Å². The quantitative estimate of drug-likeness (QED) is 0.825. The van der Waals surface area contributed by atoms with Gasteiger partial charge in [-0.1, -0.05) is 30.3 Å². The smallest absolute Gasteiger partial charge is 0.419 e. The number of imidazole rings is 1. The maximum atomic E-state index is 11.8. The van der Waals surface area contributed by atoms with E-state index in [2.05, 4.69) is 4.98 Å². The van der Waals surface area contributed by atoms with Crippen LogP contribution in [0.5, 0.6) is 0 Å². The van der Waals surface area contributed by atoms with Gasteiger partial charge in [-0.3, -0.25) is 0 Å². The molecule has 0 saturated heterocycles. The molecular weight excluding hydrogens is 258 g/mol. The first kappa shape index (κ1) is 14.0. The summed E-state index contributed by atoms with van der Waals surface area (Å²) < 4.78 is 6.37. The maximum Gasteiger partial charge on any atom is 0.419 e. The Bertz CT molecular complexity index is 580. The van der Waals surface area contributed by atoms with E-state index in [9.17, 15) is 9.59 Å². The second kappa shape index (κ2) is 6.63. The molecule has 2 N–H and O–H groups in total. The molecule has 20 heavy (non-hydrogen) atoms. The Morgan fingerprint density at radius 3 is 2.85 bits per heavy atom. The van der Waals surface area contributed by atoms with Crippen molar-refractivity contribution in [3.63, 3.8) is 0 Å². The lowest BCUT2D eigenvalue weighted by Gasteiger charge is -2.04. The van der Waals surface area contributed by atoms with Crippen LogP contribution in [0, 0.1) is 0 Å². The van der Waals surface area contributed by atoms with E-state index in [-0.39, 0.29) is 6.61 Å². The van der Waals surface area contributed by atoms with E-state index >= 15 is 0 Å². The van der Waals surface area contributed by atoms with Crippen LogP contribution >= 0.6 is 0 Å². The second-order valence-electron chi connectivity index (χ2n) is 4.32. The minimum atomic E-state index is -0.612. The third kappa shape index (κ3) is 3.76. The van der Waals surface area contributed by atoms with Gasteiger partial charge >= 0.3 is 6.09 Å². The molecular formula is C14H15N3O3. The minimum Gasteiger partial charge on any atom is -0.444 e. The Labute approximate surface area is 116 Å². The van der Waals surface area contributed by atoms with Gasteiger partial charge in [0.15, 0.2) is 0 Å². The number of nitrogens with two attached hydrogens (primary N) is 1. The van der Waals surface area contributed by atoms with Crippen LogP contribution in [-0.4, -0.2) is 28.0 Å². The molecule has 2 rings (SSSR count). The number of aromatic nitrogens is 2. The average molecular weight is 273 g/mol. The summed E-state index contributed by atoms with van der Waals surface area (Å²) in [4.78, 5) is 26.2. The number of ether oxygens (including phenoxy) is 1. The normalized spacial score (nSPS) is 11.8. The number of carbonyl (C=O) groups is 2. The third-order valence-electron chi connectivity index (χ3n) is 2.67. The van der Waals surface area contributed by atoms with Gasteiger partial charge in [0, 0.05) is 12.6 Å². The number of nitrogens with zero attached hydrogens (tertiary/aromatic N) is 2. The van der Waals surface area contributed by atoms with Crippen molar-refractivity contribution in [2.75, 3.05) is 0 Å². The van der Waals surface area contributed by atoms with Crippen molar-refractivity contribution >= 4 is 12.4 Å². The number of benzene rings is 1. The van der Waals surface area contributed by atoms with Crippen molar-refractivity contribution in [3.05, 3.63) is 54.1 Å². The zero-order valence-electron chi connectivity index (χ0n) is 10.8. The van der Waals surface area contributed by atoms with Gasteiger partial charge in [-0.2, -0.15) is 0 Å². The molecule has 0 bridgehead atoms. The molecule has 1 atom stereocenters. The van der Waals surface area contributed by atoms with E-state index in [1.807, 2.05) is 30.3 Å². The van der Waals surface area contributed by atoms with Crippen LogP contribution in [0.1, 0.15) is 11.3 Å². The fraction of sp³-hybridized carbons (Fsp3) is 0.214. The summed E-state index contributed by atoms with van der Waals surface area (Å²) in [6.07, 6.45) is 3.28. The van der Waals surface area contributed by atoms with Crippen LogP contribution in [0.4, 0.5) is 4.79 Å². The first-order valence-electron chi connectivity index (χ1n) is 6.14. The van der Waals surface area contributed by atoms with Crippen LogP contribution in [-0.2, 0) is 22.6 Å². The fourth-order valence-corrected chi connectivity index (χ4v) is 1.65. The predicted octanol–water partition coefficient (Wildman–Crippen LogP) is 1.14. The van der Waals surface area contributed by atoms with Gasteiger partial charge in [-0.15, -0.1) is 0 Å². The highest BCUT2D eigenvalue weighted by Crippen LogP contribution is 2.04. The van der Waals surface area contributed by atoms with E-state index in [0.717, 1.165) is 5.56 Å². The Morgan fingerprint density at radius 2 is 2.15 bits per heavy atom. The topological polar surface area (TPSA) is 87.2 Å². The largest absolute Gasteiger partial charge is 0.444 e. The summed E-state index contributed by atoms with van der Waals surface area (Å²) in [5.41, 5.74) is 6.97. The lowest BCUT2D eigenvalue weighted by molar-refractivity contribution is -0.108. The number of carbonyl (C=O) groups excluding carboxylic acids is 2. The lowest BCUT2D eigenvalue weighted by Crippen LogP contribution is -2.24. The lowest BCUT2D eigenvalue weighted by atomic mass is 10.2. The van der Waals surface area contributed by atoms with E-state index in [1.165, 1.54) is 17.1 Å². The summed E-state index contributed by atoms with van der Waals surface area (Å²) in [7, 11) is 0. The van der Waals surface area contributed by atoms with Crippen LogP contribution in [0.3, 0.4) is 0 Å². The van der Waals surface area contributed by atoms with Crippen LogP contribution in [0.2, 0.25) is 0 Å². The average Bonchev–Trinajstić information content (AvgIpc) is 2.94. The number of hydrogen-bond donors (Lipinski definition) is 1. The molecule has 0 amide bonds. The molecule has 0 aliphatic heterocycles. The number of rotatable bonds is 5. The summed E-state index contributed by atoms with van der Waals surface area (Å²) >= 11 is 0. The summed E-state index contributed by atoms with van der Waals surface area (Å²) in [6.45, 7) is 0.195. The second-order valence-corrected chi connectivity index (χ2v) is 4.32. The molecule has 0 saturated carbocycles. The van der Waals surface area contributed by atoms with Gasteiger partial charge < -0.3 is 15.3 Å². The Morgan fingerprint density at radius 1 is 1.40 bits per heavy atom. The third-order valence-corrected chi connectivity index (χ3v) is 2.67. The van der Waals surface area contributed by atoms with Gasteiger partial charge in [-0.05, 0) is 5.56 Å². The van der Waals surface area contributed by atoms with Gasteiger partial charge in [0.05, 0.1) is 11.7 Å². The molecule has 0 fully saturated rings. The van der Waals surface area contributed by atoms with Gasteiger partial charge in [0.2, 0.25) is 0 Å². The fourth-order valence-electron chi connectivity index (χ4n) is 1.65.